The maximum Gasteiger partial charge on any atom is 0.224 e. The van der Waals surface area contributed by atoms with E-state index in [9.17, 15) is 17.6 Å². The fourth-order valence-corrected chi connectivity index (χ4v) is 2.68. The predicted molar refractivity (Wildman–Crippen MR) is 72.9 cm³/mol. The van der Waals surface area contributed by atoms with Gasteiger partial charge in [0, 0.05) is 19.5 Å². The first-order valence-corrected chi connectivity index (χ1v) is 8.25. The first kappa shape index (κ1) is 14.9. The van der Waals surface area contributed by atoms with Gasteiger partial charge in [0.05, 0.1) is 12.3 Å². The lowest BCUT2D eigenvalue weighted by Gasteiger charge is -2.41. The Kier molecular flexibility index (Phi) is 4.39. The molecule has 0 radical (unpaired) electrons. The standard InChI is InChI=1S/C13H17FN2O3S/c1-20(18,19)15-8-6-13(17)16-9-7-12(16)10-2-4-11(14)5-3-10/h2-5,12,15H,6-9H2,1H3. The van der Waals surface area contributed by atoms with E-state index in [4.69, 9.17) is 0 Å². The van der Waals surface area contributed by atoms with Gasteiger partial charge in [0.2, 0.25) is 15.9 Å². The van der Waals surface area contributed by atoms with Gasteiger partial charge in [-0.1, -0.05) is 12.1 Å². The number of halogens is 1. The van der Waals surface area contributed by atoms with Crippen molar-refractivity contribution in [3.8, 4) is 0 Å². The highest BCUT2D eigenvalue weighted by Crippen LogP contribution is 2.33. The summed E-state index contributed by atoms with van der Waals surface area (Å²) in [6.07, 6.45) is 2.03. The third kappa shape index (κ3) is 3.77. The SMILES string of the molecule is CS(=O)(=O)NCCC(=O)N1CCC1c1ccc(F)cc1. The molecule has 1 amide bonds. The Bertz CT molecular complexity index is 586. The van der Waals surface area contributed by atoms with Crippen LogP contribution in [-0.4, -0.2) is 38.6 Å². The molecule has 0 aromatic heterocycles. The van der Waals surface area contributed by atoms with Crippen molar-refractivity contribution in [3.63, 3.8) is 0 Å². The zero-order valence-corrected chi connectivity index (χ0v) is 12.0. The maximum atomic E-state index is 12.9. The molecule has 110 valence electrons. The van der Waals surface area contributed by atoms with Gasteiger partial charge in [-0.2, -0.15) is 0 Å². The quantitative estimate of drug-likeness (QED) is 0.883. The van der Waals surface area contributed by atoms with E-state index in [1.54, 1.807) is 17.0 Å². The van der Waals surface area contributed by atoms with Gasteiger partial charge in [0.15, 0.2) is 0 Å². The first-order chi connectivity index (χ1) is 9.37. The van der Waals surface area contributed by atoms with Crippen LogP contribution in [0.1, 0.15) is 24.4 Å². The summed E-state index contributed by atoms with van der Waals surface area (Å²) in [4.78, 5) is 13.7. The molecule has 5 nitrogen and oxygen atoms in total. The molecule has 7 heteroatoms. The number of hydrogen-bond acceptors (Lipinski definition) is 3. The van der Waals surface area contributed by atoms with E-state index in [-0.39, 0.29) is 30.7 Å². The summed E-state index contributed by atoms with van der Waals surface area (Å²) in [5.41, 5.74) is 0.905. The molecule has 1 aliphatic rings. The molecule has 1 N–H and O–H groups in total. The number of nitrogens with one attached hydrogen (secondary N) is 1. The van der Waals surface area contributed by atoms with E-state index >= 15 is 0 Å². The van der Waals surface area contributed by atoms with Crippen LogP contribution >= 0.6 is 0 Å². The fourth-order valence-electron chi connectivity index (χ4n) is 2.20. The second kappa shape index (κ2) is 5.88. The molecule has 2 rings (SSSR count). The minimum absolute atomic E-state index is 0.0265. The van der Waals surface area contributed by atoms with Crippen LogP contribution in [-0.2, 0) is 14.8 Å². The molecular formula is C13H17FN2O3S. The van der Waals surface area contributed by atoms with Crippen LogP contribution in [0.2, 0.25) is 0 Å². The Balaban J connectivity index is 1.89. The van der Waals surface area contributed by atoms with Crippen molar-refractivity contribution in [1.82, 2.24) is 9.62 Å². The summed E-state index contributed by atoms with van der Waals surface area (Å²) in [7, 11) is -3.27. The first-order valence-electron chi connectivity index (χ1n) is 6.36. The van der Waals surface area contributed by atoms with Crippen LogP contribution in [0, 0.1) is 5.82 Å². The number of rotatable bonds is 5. The largest absolute Gasteiger partial charge is 0.335 e. The van der Waals surface area contributed by atoms with Gasteiger partial charge >= 0.3 is 0 Å². The molecule has 1 heterocycles. The zero-order chi connectivity index (χ0) is 14.8. The highest BCUT2D eigenvalue weighted by molar-refractivity contribution is 7.88. The molecule has 1 atom stereocenters. The minimum atomic E-state index is -3.27. The third-order valence-corrected chi connectivity index (χ3v) is 4.03. The molecule has 0 bridgehead atoms. The molecule has 1 aliphatic heterocycles. The molecule has 1 unspecified atom stereocenters. The Labute approximate surface area is 117 Å². The van der Waals surface area contributed by atoms with E-state index in [1.165, 1.54) is 12.1 Å². The third-order valence-electron chi connectivity index (χ3n) is 3.30. The second-order valence-corrected chi connectivity index (χ2v) is 6.69. The molecule has 1 saturated heterocycles. The molecular weight excluding hydrogens is 283 g/mol. The topological polar surface area (TPSA) is 66.5 Å². The van der Waals surface area contributed by atoms with E-state index in [1.807, 2.05) is 0 Å². The van der Waals surface area contributed by atoms with Crippen molar-refractivity contribution in [3.05, 3.63) is 35.6 Å². The number of carbonyl (C=O) groups is 1. The van der Waals surface area contributed by atoms with Crippen LogP contribution in [0.25, 0.3) is 0 Å². The summed E-state index contributed by atoms with van der Waals surface area (Å²) < 4.78 is 37.0. The van der Waals surface area contributed by atoms with Crippen molar-refractivity contribution >= 4 is 15.9 Å². The minimum Gasteiger partial charge on any atom is -0.335 e. The van der Waals surface area contributed by atoms with Gasteiger partial charge in [-0.15, -0.1) is 0 Å². The van der Waals surface area contributed by atoms with Crippen LogP contribution in [0.15, 0.2) is 24.3 Å². The predicted octanol–water partition coefficient (Wildman–Crippen LogP) is 1.04. The number of benzene rings is 1. The zero-order valence-electron chi connectivity index (χ0n) is 11.2. The summed E-state index contributed by atoms with van der Waals surface area (Å²) in [5.74, 6) is -0.398. The maximum absolute atomic E-state index is 12.9. The van der Waals surface area contributed by atoms with Gasteiger partial charge in [-0.3, -0.25) is 4.79 Å². The normalized spacial score (nSPS) is 18.7. The van der Waals surface area contributed by atoms with Crippen molar-refractivity contribution in [2.75, 3.05) is 19.3 Å². The summed E-state index contributed by atoms with van der Waals surface area (Å²) in [6.45, 7) is 0.754. The Hall–Kier alpha value is -1.47. The van der Waals surface area contributed by atoms with Crippen LogP contribution < -0.4 is 4.72 Å². The molecule has 0 saturated carbocycles. The van der Waals surface area contributed by atoms with Crippen LogP contribution in [0.3, 0.4) is 0 Å². The van der Waals surface area contributed by atoms with Gasteiger partial charge in [0.1, 0.15) is 5.82 Å². The van der Waals surface area contributed by atoms with E-state index < -0.39 is 10.0 Å². The number of sulfonamides is 1. The van der Waals surface area contributed by atoms with Crippen molar-refractivity contribution < 1.29 is 17.6 Å². The van der Waals surface area contributed by atoms with Gasteiger partial charge < -0.3 is 4.90 Å². The van der Waals surface area contributed by atoms with E-state index in [0.717, 1.165) is 18.2 Å². The summed E-state index contributed by atoms with van der Waals surface area (Å²) in [5, 5.41) is 0. The average molecular weight is 300 g/mol. The van der Waals surface area contributed by atoms with Gasteiger partial charge in [0.25, 0.3) is 0 Å². The molecule has 1 aromatic carbocycles. The highest BCUT2D eigenvalue weighted by atomic mass is 32.2. The highest BCUT2D eigenvalue weighted by Gasteiger charge is 2.32. The fraction of sp³-hybridized carbons (Fsp3) is 0.462. The Morgan fingerprint density at radius 1 is 1.40 bits per heavy atom. The number of likely N-dealkylation sites (tertiary alicyclic amines) is 1. The van der Waals surface area contributed by atoms with Crippen LogP contribution in [0.5, 0.6) is 0 Å². The summed E-state index contributed by atoms with van der Waals surface area (Å²) in [6, 6.07) is 6.08. The lowest BCUT2D eigenvalue weighted by Crippen LogP contribution is -2.46. The second-order valence-electron chi connectivity index (χ2n) is 4.86. The monoisotopic (exact) mass is 300 g/mol. The smallest absolute Gasteiger partial charge is 0.224 e. The number of amides is 1. The van der Waals surface area contributed by atoms with Crippen LogP contribution in [0.4, 0.5) is 4.39 Å². The summed E-state index contributed by atoms with van der Waals surface area (Å²) >= 11 is 0. The molecule has 1 aromatic rings. The Morgan fingerprint density at radius 3 is 2.55 bits per heavy atom. The lowest BCUT2D eigenvalue weighted by molar-refractivity contribution is -0.139. The number of nitrogens with zero attached hydrogens (tertiary/aromatic N) is 1. The molecule has 1 fully saturated rings. The molecule has 20 heavy (non-hydrogen) atoms. The number of hydrogen-bond donors (Lipinski definition) is 1. The van der Waals surface area contributed by atoms with Crippen molar-refractivity contribution in [2.45, 2.75) is 18.9 Å². The lowest BCUT2D eigenvalue weighted by atomic mass is 9.94. The average Bonchev–Trinajstić information content (AvgIpc) is 2.29. The van der Waals surface area contributed by atoms with E-state index in [0.29, 0.717) is 6.54 Å². The number of carbonyl (C=O) groups excluding carboxylic acids is 1. The molecule has 0 aliphatic carbocycles. The van der Waals surface area contributed by atoms with Gasteiger partial charge in [-0.25, -0.2) is 17.5 Å². The Morgan fingerprint density at radius 2 is 2.05 bits per heavy atom. The van der Waals surface area contributed by atoms with Gasteiger partial charge in [-0.05, 0) is 24.1 Å². The molecule has 0 spiro atoms. The van der Waals surface area contributed by atoms with E-state index in [2.05, 4.69) is 4.72 Å². The van der Waals surface area contributed by atoms with Crippen molar-refractivity contribution in [2.24, 2.45) is 0 Å². The van der Waals surface area contributed by atoms with Crippen molar-refractivity contribution in [1.29, 1.82) is 0 Å².